The molecule has 2 saturated heterocycles. The highest BCUT2D eigenvalue weighted by atomic mass is 32.2. The van der Waals surface area contributed by atoms with E-state index in [9.17, 15) is 4.79 Å². The Balaban J connectivity index is 1.96. The molecular formula is C15H21N3OS. The number of amides is 1. The first-order chi connectivity index (χ1) is 9.56. The third-order valence-electron chi connectivity index (χ3n) is 4.35. The molecule has 5 heteroatoms. The summed E-state index contributed by atoms with van der Waals surface area (Å²) >= 11 is 1.75. The summed E-state index contributed by atoms with van der Waals surface area (Å²) in [5.41, 5.74) is 10.4. The van der Waals surface area contributed by atoms with Gasteiger partial charge >= 0.3 is 0 Å². The van der Waals surface area contributed by atoms with Crippen molar-refractivity contribution in [3.63, 3.8) is 0 Å². The lowest BCUT2D eigenvalue weighted by molar-refractivity contribution is -0.119. The average Bonchev–Trinajstić information content (AvgIpc) is 2.67. The van der Waals surface area contributed by atoms with Crippen LogP contribution in [0.3, 0.4) is 0 Å². The third kappa shape index (κ3) is 2.45. The third-order valence-corrected chi connectivity index (χ3v) is 5.72. The van der Waals surface area contributed by atoms with Crippen LogP contribution in [0.15, 0.2) is 18.2 Å². The van der Waals surface area contributed by atoms with E-state index in [1.54, 1.807) is 11.8 Å². The van der Waals surface area contributed by atoms with Crippen LogP contribution in [0.5, 0.6) is 0 Å². The molecule has 2 heterocycles. The van der Waals surface area contributed by atoms with Crippen LogP contribution in [0.25, 0.3) is 0 Å². The maximum absolute atomic E-state index is 11.8. The molecule has 20 heavy (non-hydrogen) atoms. The van der Waals surface area contributed by atoms with Gasteiger partial charge < -0.3 is 5.32 Å². The Kier molecular flexibility index (Phi) is 3.75. The Hall–Kier alpha value is -1.04. The summed E-state index contributed by atoms with van der Waals surface area (Å²) < 4.78 is 0. The molecule has 3 rings (SSSR count). The molecule has 0 aliphatic carbocycles. The summed E-state index contributed by atoms with van der Waals surface area (Å²) in [4.78, 5) is 11.8. The second-order valence-electron chi connectivity index (χ2n) is 5.78. The summed E-state index contributed by atoms with van der Waals surface area (Å²) in [7, 11) is 0. The minimum atomic E-state index is 0.0131. The zero-order valence-corrected chi connectivity index (χ0v) is 12.9. The predicted molar refractivity (Wildman–Crippen MR) is 82.3 cm³/mol. The van der Waals surface area contributed by atoms with Crippen LogP contribution >= 0.6 is 11.8 Å². The number of benzene rings is 1. The molecule has 3 N–H and O–H groups in total. The van der Waals surface area contributed by atoms with Crippen molar-refractivity contribution in [1.82, 2.24) is 16.2 Å². The highest BCUT2D eigenvalue weighted by Crippen LogP contribution is 2.42. The van der Waals surface area contributed by atoms with Gasteiger partial charge in [-0.05, 0) is 37.5 Å². The SMILES string of the molecule is Cc1ccc(C2SCC(=O)NC3NNC(C)C32)cc1C. The van der Waals surface area contributed by atoms with Gasteiger partial charge in [-0.2, -0.15) is 0 Å². The lowest BCUT2D eigenvalue weighted by Crippen LogP contribution is -2.46. The van der Waals surface area contributed by atoms with E-state index >= 15 is 0 Å². The zero-order valence-electron chi connectivity index (χ0n) is 12.1. The molecule has 2 fully saturated rings. The highest BCUT2D eigenvalue weighted by Gasteiger charge is 2.42. The van der Waals surface area contributed by atoms with Crippen LogP contribution in [-0.2, 0) is 4.79 Å². The second kappa shape index (κ2) is 5.39. The lowest BCUT2D eigenvalue weighted by Gasteiger charge is -2.27. The molecule has 2 aliphatic rings. The molecule has 1 aromatic carbocycles. The second-order valence-corrected chi connectivity index (χ2v) is 6.91. The molecule has 0 radical (unpaired) electrons. The van der Waals surface area contributed by atoms with Gasteiger partial charge in [0.25, 0.3) is 0 Å². The molecule has 0 saturated carbocycles. The van der Waals surface area contributed by atoms with Crippen LogP contribution in [-0.4, -0.2) is 23.9 Å². The maximum Gasteiger partial charge on any atom is 0.231 e. The summed E-state index contributed by atoms with van der Waals surface area (Å²) in [6.45, 7) is 6.45. The zero-order chi connectivity index (χ0) is 14.3. The number of carbonyl (C=O) groups excluding carboxylic acids is 1. The van der Waals surface area contributed by atoms with Crippen molar-refractivity contribution in [3.8, 4) is 0 Å². The fourth-order valence-electron chi connectivity index (χ4n) is 3.02. The Morgan fingerprint density at radius 1 is 1.20 bits per heavy atom. The largest absolute Gasteiger partial charge is 0.338 e. The Bertz CT molecular complexity index is 534. The molecule has 108 valence electrons. The van der Waals surface area contributed by atoms with E-state index in [2.05, 4.69) is 55.1 Å². The van der Waals surface area contributed by atoms with Crippen LogP contribution in [0.4, 0.5) is 0 Å². The van der Waals surface area contributed by atoms with E-state index < -0.39 is 0 Å². The Labute approximate surface area is 124 Å². The molecule has 0 bridgehead atoms. The minimum Gasteiger partial charge on any atom is -0.338 e. The molecule has 1 aromatic rings. The van der Waals surface area contributed by atoms with Gasteiger partial charge in [0, 0.05) is 17.2 Å². The number of fused-ring (bicyclic) bond motifs is 1. The molecule has 4 unspecified atom stereocenters. The molecule has 2 aliphatic heterocycles. The van der Waals surface area contributed by atoms with E-state index in [0.29, 0.717) is 23.0 Å². The van der Waals surface area contributed by atoms with E-state index in [0.717, 1.165) is 0 Å². The number of aryl methyl sites for hydroxylation is 2. The molecule has 4 nitrogen and oxygen atoms in total. The van der Waals surface area contributed by atoms with Crippen molar-refractivity contribution >= 4 is 17.7 Å². The van der Waals surface area contributed by atoms with Gasteiger partial charge in [0.05, 0.1) is 11.9 Å². The van der Waals surface area contributed by atoms with Crippen LogP contribution in [0.1, 0.15) is 28.9 Å². The van der Waals surface area contributed by atoms with Crippen molar-refractivity contribution in [3.05, 3.63) is 34.9 Å². The van der Waals surface area contributed by atoms with Crippen molar-refractivity contribution in [1.29, 1.82) is 0 Å². The van der Waals surface area contributed by atoms with Gasteiger partial charge in [0.1, 0.15) is 0 Å². The first-order valence-electron chi connectivity index (χ1n) is 7.05. The lowest BCUT2D eigenvalue weighted by atomic mass is 9.90. The van der Waals surface area contributed by atoms with Gasteiger partial charge in [-0.1, -0.05) is 18.2 Å². The van der Waals surface area contributed by atoms with Crippen LogP contribution in [0.2, 0.25) is 0 Å². The van der Waals surface area contributed by atoms with E-state index in [-0.39, 0.29) is 12.1 Å². The Morgan fingerprint density at radius 3 is 2.75 bits per heavy atom. The van der Waals surface area contributed by atoms with E-state index in [1.807, 2.05) is 0 Å². The van der Waals surface area contributed by atoms with Gasteiger partial charge in [0.15, 0.2) is 0 Å². The maximum atomic E-state index is 11.8. The quantitative estimate of drug-likeness (QED) is 0.736. The fraction of sp³-hybridized carbons (Fsp3) is 0.533. The first kappa shape index (κ1) is 13.9. The van der Waals surface area contributed by atoms with Crippen molar-refractivity contribution in [2.45, 2.75) is 38.2 Å². The summed E-state index contributed by atoms with van der Waals surface area (Å²) in [5, 5.41) is 3.39. The topological polar surface area (TPSA) is 53.2 Å². The number of hydrogen-bond donors (Lipinski definition) is 3. The average molecular weight is 291 g/mol. The van der Waals surface area contributed by atoms with Crippen molar-refractivity contribution in [2.24, 2.45) is 5.92 Å². The number of thioether (sulfide) groups is 1. The Morgan fingerprint density at radius 2 is 2.00 bits per heavy atom. The number of nitrogens with one attached hydrogen (secondary N) is 3. The predicted octanol–water partition coefficient (Wildman–Crippen LogP) is 1.65. The van der Waals surface area contributed by atoms with Crippen molar-refractivity contribution < 1.29 is 4.79 Å². The number of hydrazine groups is 1. The number of carbonyl (C=O) groups is 1. The number of rotatable bonds is 1. The first-order valence-corrected chi connectivity index (χ1v) is 8.10. The van der Waals surface area contributed by atoms with Crippen molar-refractivity contribution in [2.75, 3.05) is 5.75 Å². The molecular weight excluding hydrogens is 270 g/mol. The highest BCUT2D eigenvalue weighted by molar-refractivity contribution is 8.00. The van der Waals surface area contributed by atoms with E-state index in [4.69, 9.17) is 0 Å². The number of hydrogen-bond acceptors (Lipinski definition) is 4. The smallest absolute Gasteiger partial charge is 0.231 e. The molecule has 0 aromatic heterocycles. The summed E-state index contributed by atoms with van der Waals surface area (Å²) in [6.07, 6.45) is 0.0131. The molecule has 1 amide bonds. The van der Waals surface area contributed by atoms with Gasteiger partial charge in [0.2, 0.25) is 5.91 Å². The monoisotopic (exact) mass is 291 g/mol. The van der Waals surface area contributed by atoms with Gasteiger partial charge in [-0.15, -0.1) is 11.8 Å². The summed E-state index contributed by atoms with van der Waals surface area (Å²) in [5.74, 6) is 0.993. The molecule has 4 atom stereocenters. The molecule has 0 spiro atoms. The van der Waals surface area contributed by atoms with Crippen LogP contribution in [0, 0.1) is 19.8 Å². The van der Waals surface area contributed by atoms with E-state index in [1.165, 1.54) is 16.7 Å². The van der Waals surface area contributed by atoms with Gasteiger partial charge in [-0.3, -0.25) is 10.2 Å². The fourth-order valence-corrected chi connectivity index (χ4v) is 4.39. The van der Waals surface area contributed by atoms with Crippen LogP contribution < -0.4 is 16.2 Å². The standard InChI is InChI=1S/C15H21N3OS/c1-8-4-5-11(6-9(8)2)14-13-10(3)17-18-15(13)16-12(19)7-20-14/h4-6,10,13-15,17-18H,7H2,1-3H3,(H,16,19). The normalized spacial score (nSPS) is 33.5. The minimum absolute atomic E-state index is 0.0131. The summed E-state index contributed by atoms with van der Waals surface area (Å²) in [6, 6.07) is 6.99. The van der Waals surface area contributed by atoms with Gasteiger partial charge in [-0.25, -0.2) is 5.43 Å².